The van der Waals surface area contributed by atoms with Gasteiger partial charge in [0.25, 0.3) is 0 Å². The number of hydrogen-bond acceptors (Lipinski definition) is 2. The van der Waals surface area contributed by atoms with Gasteiger partial charge in [0.15, 0.2) is 0 Å². The summed E-state index contributed by atoms with van der Waals surface area (Å²) in [7, 11) is 0. The van der Waals surface area contributed by atoms with Gasteiger partial charge in [-0.2, -0.15) is 0 Å². The van der Waals surface area contributed by atoms with E-state index >= 15 is 0 Å². The molecule has 104 valence electrons. The van der Waals surface area contributed by atoms with Gasteiger partial charge in [-0.3, -0.25) is 4.79 Å². The van der Waals surface area contributed by atoms with Crippen LogP contribution in [0.25, 0.3) is 0 Å². The largest absolute Gasteiger partial charge is 0.342 e. The fourth-order valence-corrected chi connectivity index (χ4v) is 3.46. The van der Waals surface area contributed by atoms with E-state index < -0.39 is 0 Å². The number of piperidine rings is 2. The maximum absolute atomic E-state index is 12.5. The molecule has 1 amide bonds. The molecule has 2 saturated heterocycles. The minimum absolute atomic E-state index is 0.281. The van der Waals surface area contributed by atoms with Crippen molar-refractivity contribution in [2.75, 3.05) is 19.6 Å². The van der Waals surface area contributed by atoms with Crippen molar-refractivity contribution in [1.82, 2.24) is 10.2 Å². The van der Waals surface area contributed by atoms with Crippen LogP contribution in [0, 0.1) is 11.8 Å². The molecule has 2 aliphatic rings. The van der Waals surface area contributed by atoms with Crippen LogP contribution in [0.15, 0.2) is 0 Å². The van der Waals surface area contributed by atoms with Gasteiger partial charge < -0.3 is 10.2 Å². The Morgan fingerprint density at radius 1 is 1.28 bits per heavy atom. The van der Waals surface area contributed by atoms with Crippen LogP contribution in [-0.4, -0.2) is 36.5 Å². The number of nitrogens with one attached hydrogen (secondary N) is 1. The molecule has 0 aromatic rings. The lowest BCUT2D eigenvalue weighted by molar-refractivity contribution is -0.138. The topological polar surface area (TPSA) is 32.3 Å². The first-order valence-electron chi connectivity index (χ1n) is 7.73. The van der Waals surface area contributed by atoms with Crippen molar-refractivity contribution in [3.63, 3.8) is 0 Å². The van der Waals surface area contributed by atoms with Crippen molar-refractivity contribution >= 4 is 5.91 Å². The molecule has 0 radical (unpaired) electrons. The molecule has 0 aliphatic carbocycles. The Bertz CT molecular complexity index is 272. The number of carbonyl (C=O) groups is 1. The van der Waals surface area contributed by atoms with Crippen LogP contribution >= 0.6 is 0 Å². The Balaban J connectivity index is 1.80. The Hall–Kier alpha value is -0.570. The second-order valence-electron chi connectivity index (χ2n) is 6.13. The molecule has 18 heavy (non-hydrogen) atoms. The van der Waals surface area contributed by atoms with Crippen LogP contribution in [0.2, 0.25) is 0 Å². The van der Waals surface area contributed by atoms with Crippen LogP contribution in [0.1, 0.15) is 52.4 Å². The summed E-state index contributed by atoms with van der Waals surface area (Å²) in [6.07, 6.45) is 7.11. The second kappa shape index (κ2) is 6.55. The number of carbonyl (C=O) groups excluding carboxylic acids is 1. The summed E-state index contributed by atoms with van der Waals surface area (Å²) in [6.45, 7) is 7.45. The molecule has 0 spiro atoms. The van der Waals surface area contributed by atoms with E-state index in [2.05, 4.69) is 24.1 Å². The molecule has 2 atom stereocenters. The van der Waals surface area contributed by atoms with Crippen molar-refractivity contribution in [1.29, 1.82) is 0 Å². The average Bonchev–Trinajstić information content (AvgIpc) is 2.39. The van der Waals surface area contributed by atoms with Crippen molar-refractivity contribution in [2.24, 2.45) is 11.8 Å². The fourth-order valence-electron chi connectivity index (χ4n) is 3.46. The summed E-state index contributed by atoms with van der Waals surface area (Å²) >= 11 is 0. The van der Waals surface area contributed by atoms with E-state index in [4.69, 9.17) is 0 Å². The summed E-state index contributed by atoms with van der Waals surface area (Å²) in [5.74, 6) is 1.58. The predicted molar refractivity (Wildman–Crippen MR) is 74.4 cm³/mol. The van der Waals surface area contributed by atoms with E-state index in [0.717, 1.165) is 38.4 Å². The molecule has 1 N–H and O–H groups in total. The standard InChI is InChI=1S/C15H28N2O/c1-3-4-13-6-9-17(10-7-13)15(18)14-5-8-16-12(2)11-14/h12-14,16H,3-11H2,1-2H3. The first kappa shape index (κ1) is 13.9. The zero-order chi connectivity index (χ0) is 13.0. The highest BCUT2D eigenvalue weighted by Crippen LogP contribution is 2.25. The molecule has 2 heterocycles. The number of rotatable bonds is 3. The molecular formula is C15H28N2O. The first-order valence-corrected chi connectivity index (χ1v) is 7.73. The van der Waals surface area contributed by atoms with Gasteiger partial charge in [-0.1, -0.05) is 19.8 Å². The molecule has 3 nitrogen and oxygen atoms in total. The van der Waals surface area contributed by atoms with Crippen LogP contribution in [0.4, 0.5) is 0 Å². The van der Waals surface area contributed by atoms with Crippen molar-refractivity contribution < 1.29 is 4.79 Å². The lowest BCUT2D eigenvalue weighted by Gasteiger charge is -2.36. The molecule has 0 aromatic carbocycles. The van der Waals surface area contributed by atoms with Crippen molar-refractivity contribution in [2.45, 2.75) is 58.4 Å². The molecule has 2 fully saturated rings. The van der Waals surface area contributed by atoms with Gasteiger partial charge in [-0.05, 0) is 45.1 Å². The van der Waals surface area contributed by atoms with Gasteiger partial charge in [-0.15, -0.1) is 0 Å². The maximum atomic E-state index is 12.5. The van der Waals surface area contributed by atoms with E-state index in [0.29, 0.717) is 11.9 Å². The SMILES string of the molecule is CCCC1CCN(C(=O)C2CCNC(C)C2)CC1. The van der Waals surface area contributed by atoms with Gasteiger partial charge >= 0.3 is 0 Å². The average molecular weight is 252 g/mol. The monoisotopic (exact) mass is 252 g/mol. The number of amides is 1. The number of likely N-dealkylation sites (tertiary alicyclic amines) is 1. The molecule has 2 rings (SSSR count). The smallest absolute Gasteiger partial charge is 0.225 e. The minimum atomic E-state index is 0.281. The maximum Gasteiger partial charge on any atom is 0.225 e. The third-order valence-electron chi connectivity index (χ3n) is 4.60. The summed E-state index contributed by atoms with van der Waals surface area (Å²) in [4.78, 5) is 14.6. The molecule has 2 aliphatic heterocycles. The zero-order valence-electron chi connectivity index (χ0n) is 12.0. The lowest BCUT2D eigenvalue weighted by atomic mass is 9.89. The van der Waals surface area contributed by atoms with Crippen LogP contribution in [0.3, 0.4) is 0 Å². The highest BCUT2D eigenvalue weighted by molar-refractivity contribution is 5.79. The van der Waals surface area contributed by atoms with E-state index in [9.17, 15) is 4.79 Å². The third kappa shape index (κ3) is 3.47. The summed E-state index contributed by atoms with van der Waals surface area (Å²) in [6, 6.07) is 0.505. The quantitative estimate of drug-likeness (QED) is 0.836. The summed E-state index contributed by atoms with van der Waals surface area (Å²) in [5.41, 5.74) is 0. The third-order valence-corrected chi connectivity index (χ3v) is 4.60. The molecule has 2 unspecified atom stereocenters. The van der Waals surface area contributed by atoms with Crippen molar-refractivity contribution in [3.05, 3.63) is 0 Å². The van der Waals surface area contributed by atoms with Gasteiger partial charge in [0.05, 0.1) is 0 Å². The molecule has 3 heteroatoms. The highest BCUT2D eigenvalue weighted by Gasteiger charge is 2.30. The van der Waals surface area contributed by atoms with E-state index in [1.807, 2.05) is 0 Å². The zero-order valence-corrected chi connectivity index (χ0v) is 12.0. The Labute approximate surface area is 111 Å². The van der Waals surface area contributed by atoms with Crippen LogP contribution in [0.5, 0.6) is 0 Å². The molecular weight excluding hydrogens is 224 g/mol. The second-order valence-corrected chi connectivity index (χ2v) is 6.13. The minimum Gasteiger partial charge on any atom is -0.342 e. The fraction of sp³-hybridized carbons (Fsp3) is 0.933. The normalized spacial score (nSPS) is 30.4. The molecule has 0 bridgehead atoms. The number of hydrogen-bond donors (Lipinski definition) is 1. The van der Waals surface area contributed by atoms with Gasteiger partial charge in [0, 0.05) is 25.0 Å². The van der Waals surface area contributed by atoms with Crippen LogP contribution in [-0.2, 0) is 4.79 Å². The Morgan fingerprint density at radius 3 is 2.61 bits per heavy atom. The predicted octanol–water partition coefficient (Wildman–Crippen LogP) is 2.41. The van der Waals surface area contributed by atoms with Gasteiger partial charge in [-0.25, -0.2) is 0 Å². The lowest BCUT2D eigenvalue weighted by Crippen LogP contribution is -2.46. The Morgan fingerprint density at radius 2 is 2.00 bits per heavy atom. The van der Waals surface area contributed by atoms with Crippen molar-refractivity contribution in [3.8, 4) is 0 Å². The first-order chi connectivity index (χ1) is 8.70. The van der Waals surface area contributed by atoms with Crippen LogP contribution < -0.4 is 5.32 Å². The van der Waals surface area contributed by atoms with E-state index in [-0.39, 0.29) is 5.92 Å². The van der Waals surface area contributed by atoms with Gasteiger partial charge in [0.1, 0.15) is 0 Å². The van der Waals surface area contributed by atoms with Gasteiger partial charge in [0.2, 0.25) is 5.91 Å². The van der Waals surface area contributed by atoms with E-state index in [1.165, 1.54) is 25.7 Å². The molecule has 0 saturated carbocycles. The number of nitrogens with zero attached hydrogens (tertiary/aromatic N) is 1. The Kier molecular flexibility index (Phi) is 5.04. The van der Waals surface area contributed by atoms with E-state index in [1.54, 1.807) is 0 Å². The summed E-state index contributed by atoms with van der Waals surface area (Å²) in [5, 5.41) is 3.42. The summed E-state index contributed by atoms with van der Waals surface area (Å²) < 4.78 is 0. The highest BCUT2D eigenvalue weighted by atomic mass is 16.2. The molecule has 0 aromatic heterocycles.